The van der Waals surface area contributed by atoms with Crippen molar-refractivity contribution < 1.29 is 4.79 Å². The zero-order valence-corrected chi connectivity index (χ0v) is 17.6. The summed E-state index contributed by atoms with van der Waals surface area (Å²) < 4.78 is 0. The molecule has 0 radical (unpaired) electrons. The fourth-order valence-corrected chi connectivity index (χ4v) is 3.27. The fourth-order valence-electron chi connectivity index (χ4n) is 3.27. The highest BCUT2D eigenvalue weighted by molar-refractivity contribution is 5.93. The normalized spacial score (nSPS) is 15.2. The van der Waals surface area contributed by atoms with Gasteiger partial charge in [-0.1, -0.05) is 56.3 Å². The fraction of sp³-hybridized carbons (Fsp3) is 0.435. The van der Waals surface area contributed by atoms with Crippen molar-refractivity contribution in [1.29, 1.82) is 0 Å². The summed E-state index contributed by atoms with van der Waals surface area (Å²) in [6.45, 7) is 11.0. The number of benzene rings is 1. The summed E-state index contributed by atoms with van der Waals surface area (Å²) in [5.74, 6) is 1.84. The van der Waals surface area contributed by atoms with Gasteiger partial charge in [0.05, 0.1) is 0 Å². The first-order chi connectivity index (χ1) is 14.0. The molecule has 3 rings (SSSR count). The van der Waals surface area contributed by atoms with Crippen molar-refractivity contribution in [1.82, 2.24) is 19.8 Å². The molecule has 1 aliphatic heterocycles. The Kier molecular flexibility index (Phi) is 7.36. The molecule has 2 heterocycles. The lowest BCUT2D eigenvalue weighted by molar-refractivity contribution is 0.0644. The number of rotatable bonds is 7. The highest BCUT2D eigenvalue weighted by Gasteiger charge is 2.23. The molecule has 1 saturated heterocycles. The van der Waals surface area contributed by atoms with Gasteiger partial charge in [-0.2, -0.15) is 0 Å². The summed E-state index contributed by atoms with van der Waals surface area (Å²) in [5, 5.41) is 3.29. The zero-order valence-electron chi connectivity index (χ0n) is 17.6. The summed E-state index contributed by atoms with van der Waals surface area (Å²) in [5.41, 5.74) is 1.68. The second-order valence-corrected chi connectivity index (χ2v) is 7.87. The Morgan fingerprint density at radius 3 is 2.55 bits per heavy atom. The number of carbonyl (C=O) groups excluding carboxylic acids is 1. The minimum absolute atomic E-state index is 0.0115. The van der Waals surface area contributed by atoms with Crippen LogP contribution >= 0.6 is 0 Å². The van der Waals surface area contributed by atoms with E-state index in [0.29, 0.717) is 17.4 Å². The molecule has 2 aromatic rings. The monoisotopic (exact) mass is 393 g/mol. The van der Waals surface area contributed by atoms with Gasteiger partial charge in [0.2, 0.25) is 0 Å². The largest absolute Gasteiger partial charge is 0.370 e. The Morgan fingerprint density at radius 1 is 1.14 bits per heavy atom. The van der Waals surface area contributed by atoms with E-state index in [2.05, 4.69) is 58.3 Å². The Morgan fingerprint density at radius 2 is 1.86 bits per heavy atom. The SMILES string of the molecule is Cc1nc(NCC(C)C)cc(C(=O)N2CCN(C/C=C/c3ccccc3)CC2)n1. The molecule has 1 aromatic carbocycles. The van der Waals surface area contributed by atoms with Crippen molar-refractivity contribution in [2.24, 2.45) is 5.92 Å². The Labute approximate surface area is 173 Å². The smallest absolute Gasteiger partial charge is 0.272 e. The van der Waals surface area contributed by atoms with E-state index in [0.717, 1.165) is 45.1 Å². The van der Waals surface area contributed by atoms with Gasteiger partial charge in [-0.25, -0.2) is 9.97 Å². The molecule has 0 atom stereocenters. The molecule has 0 unspecified atom stereocenters. The van der Waals surface area contributed by atoms with Gasteiger partial charge in [-0.3, -0.25) is 9.69 Å². The molecule has 29 heavy (non-hydrogen) atoms. The number of amides is 1. The van der Waals surface area contributed by atoms with E-state index in [1.54, 1.807) is 6.07 Å². The minimum atomic E-state index is -0.0115. The molecule has 1 amide bonds. The van der Waals surface area contributed by atoms with Crippen LogP contribution in [-0.4, -0.2) is 64.9 Å². The third-order valence-corrected chi connectivity index (χ3v) is 4.88. The van der Waals surface area contributed by atoms with Gasteiger partial charge in [0, 0.05) is 45.3 Å². The number of aryl methyl sites for hydroxylation is 1. The maximum atomic E-state index is 12.9. The van der Waals surface area contributed by atoms with Crippen molar-refractivity contribution in [3.8, 4) is 0 Å². The van der Waals surface area contributed by atoms with E-state index in [-0.39, 0.29) is 5.91 Å². The van der Waals surface area contributed by atoms with E-state index in [9.17, 15) is 4.79 Å². The zero-order chi connectivity index (χ0) is 20.6. The van der Waals surface area contributed by atoms with E-state index in [1.807, 2.05) is 30.0 Å². The number of nitrogens with zero attached hydrogens (tertiary/aromatic N) is 4. The van der Waals surface area contributed by atoms with Crippen LogP contribution < -0.4 is 5.32 Å². The van der Waals surface area contributed by atoms with Gasteiger partial charge in [-0.15, -0.1) is 0 Å². The summed E-state index contributed by atoms with van der Waals surface area (Å²) in [4.78, 5) is 25.9. The molecular formula is C23H31N5O. The number of hydrogen-bond donors (Lipinski definition) is 1. The molecule has 0 bridgehead atoms. The third kappa shape index (κ3) is 6.39. The Balaban J connectivity index is 1.52. The van der Waals surface area contributed by atoms with E-state index >= 15 is 0 Å². The number of carbonyl (C=O) groups is 1. The molecule has 1 fully saturated rings. The summed E-state index contributed by atoms with van der Waals surface area (Å²) in [7, 11) is 0. The molecule has 6 heteroatoms. The van der Waals surface area contributed by atoms with E-state index < -0.39 is 0 Å². The van der Waals surface area contributed by atoms with Crippen LogP contribution in [0.1, 0.15) is 35.7 Å². The van der Waals surface area contributed by atoms with Crippen molar-refractivity contribution in [2.75, 3.05) is 44.6 Å². The lowest BCUT2D eigenvalue weighted by atomic mass is 10.2. The van der Waals surface area contributed by atoms with Gasteiger partial charge in [-0.05, 0) is 18.4 Å². The van der Waals surface area contributed by atoms with Crippen molar-refractivity contribution >= 4 is 17.8 Å². The number of anilines is 1. The maximum Gasteiger partial charge on any atom is 0.272 e. The number of piperazine rings is 1. The lowest BCUT2D eigenvalue weighted by Crippen LogP contribution is -2.48. The van der Waals surface area contributed by atoms with Crippen LogP contribution in [0.2, 0.25) is 0 Å². The van der Waals surface area contributed by atoms with Gasteiger partial charge in [0.25, 0.3) is 5.91 Å². The molecule has 1 aromatic heterocycles. The van der Waals surface area contributed by atoms with Gasteiger partial charge < -0.3 is 10.2 Å². The average Bonchev–Trinajstić information content (AvgIpc) is 2.73. The second-order valence-electron chi connectivity index (χ2n) is 7.87. The van der Waals surface area contributed by atoms with Crippen LogP contribution in [0.4, 0.5) is 5.82 Å². The lowest BCUT2D eigenvalue weighted by Gasteiger charge is -2.34. The molecule has 0 aliphatic carbocycles. The van der Waals surface area contributed by atoms with Crippen LogP contribution in [0.25, 0.3) is 6.08 Å². The molecule has 0 spiro atoms. The quantitative estimate of drug-likeness (QED) is 0.782. The third-order valence-electron chi connectivity index (χ3n) is 4.88. The molecule has 1 N–H and O–H groups in total. The van der Waals surface area contributed by atoms with Crippen molar-refractivity contribution in [3.05, 3.63) is 59.6 Å². The van der Waals surface area contributed by atoms with Crippen LogP contribution in [0, 0.1) is 12.8 Å². The van der Waals surface area contributed by atoms with Crippen molar-refractivity contribution in [3.63, 3.8) is 0 Å². The van der Waals surface area contributed by atoms with Crippen molar-refractivity contribution in [2.45, 2.75) is 20.8 Å². The highest BCUT2D eigenvalue weighted by Crippen LogP contribution is 2.12. The number of hydrogen-bond acceptors (Lipinski definition) is 5. The Bertz CT molecular complexity index is 826. The molecule has 154 valence electrons. The summed E-state index contributed by atoms with van der Waals surface area (Å²) in [6.07, 6.45) is 4.33. The maximum absolute atomic E-state index is 12.9. The van der Waals surface area contributed by atoms with E-state index in [1.165, 1.54) is 5.56 Å². The topological polar surface area (TPSA) is 61.4 Å². The first-order valence-electron chi connectivity index (χ1n) is 10.3. The number of nitrogens with one attached hydrogen (secondary N) is 1. The van der Waals surface area contributed by atoms with Gasteiger partial charge >= 0.3 is 0 Å². The Hall–Kier alpha value is -2.73. The molecule has 1 aliphatic rings. The second kappa shape index (κ2) is 10.2. The standard InChI is InChI=1S/C23H31N5O/c1-18(2)17-24-22-16-21(25-19(3)26-22)23(29)28-14-12-27(13-15-28)11-7-10-20-8-5-4-6-9-20/h4-10,16,18H,11-15,17H2,1-3H3,(H,24,25,26)/b10-7+. The summed E-state index contributed by atoms with van der Waals surface area (Å²) in [6, 6.07) is 12.1. The van der Waals surface area contributed by atoms with E-state index in [4.69, 9.17) is 0 Å². The molecular weight excluding hydrogens is 362 g/mol. The predicted octanol–water partition coefficient (Wildman–Crippen LogP) is 3.32. The first-order valence-corrected chi connectivity index (χ1v) is 10.3. The number of aromatic nitrogens is 2. The van der Waals surface area contributed by atoms with Gasteiger partial charge in [0.1, 0.15) is 17.3 Å². The average molecular weight is 394 g/mol. The predicted molar refractivity (Wildman–Crippen MR) is 118 cm³/mol. The molecule has 0 saturated carbocycles. The van der Waals surface area contributed by atoms with Crippen LogP contribution in [-0.2, 0) is 0 Å². The van der Waals surface area contributed by atoms with Crippen LogP contribution in [0.15, 0.2) is 42.5 Å². The molecule has 6 nitrogen and oxygen atoms in total. The van der Waals surface area contributed by atoms with Gasteiger partial charge in [0.15, 0.2) is 0 Å². The highest BCUT2D eigenvalue weighted by atomic mass is 16.2. The minimum Gasteiger partial charge on any atom is -0.370 e. The van der Waals surface area contributed by atoms with Crippen LogP contribution in [0.3, 0.4) is 0 Å². The first kappa shape index (κ1) is 21.0. The van der Waals surface area contributed by atoms with Crippen LogP contribution in [0.5, 0.6) is 0 Å². The summed E-state index contributed by atoms with van der Waals surface area (Å²) >= 11 is 0.